The molecule has 2 rings (SSSR count). The van der Waals surface area contributed by atoms with Crippen LogP contribution in [0.1, 0.15) is 51.9 Å². The molecule has 1 amide bonds. The van der Waals surface area contributed by atoms with Gasteiger partial charge in [-0.25, -0.2) is 4.99 Å². The van der Waals surface area contributed by atoms with E-state index in [-0.39, 0.29) is 12.5 Å². The Bertz CT molecular complexity index is 419. The number of nitrogens with zero attached hydrogens (tertiary/aromatic N) is 1. The van der Waals surface area contributed by atoms with E-state index in [9.17, 15) is 4.79 Å². The van der Waals surface area contributed by atoms with Gasteiger partial charge in [-0.2, -0.15) is 0 Å². The lowest BCUT2D eigenvalue weighted by Crippen LogP contribution is -2.41. The highest BCUT2D eigenvalue weighted by molar-refractivity contribution is 5.84. The Morgan fingerprint density at radius 2 is 2.04 bits per heavy atom. The first-order valence-corrected chi connectivity index (χ1v) is 10.2. The van der Waals surface area contributed by atoms with Crippen LogP contribution in [0.15, 0.2) is 4.99 Å². The second-order valence-corrected chi connectivity index (χ2v) is 7.18. The van der Waals surface area contributed by atoms with Crippen LogP contribution < -0.4 is 16.0 Å². The van der Waals surface area contributed by atoms with Crippen molar-refractivity contribution in [3.05, 3.63) is 0 Å². The smallest absolute Gasteiger partial charge is 0.242 e. The summed E-state index contributed by atoms with van der Waals surface area (Å²) in [5.41, 5.74) is 0. The SMILES string of the molecule is CCNC(=NCC(=O)NC1CCCCC1)NCCCOCC1CCOC1. The number of hydrogen-bond donors (Lipinski definition) is 3. The van der Waals surface area contributed by atoms with Gasteiger partial charge >= 0.3 is 0 Å². The predicted molar refractivity (Wildman–Crippen MR) is 103 cm³/mol. The lowest BCUT2D eigenvalue weighted by Gasteiger charge is -2.22. The zero-order valence-electron chi connectivity index (χ0n) is 16.2. The zero-order chi connectivity index (χ0) is 18.5. The molecule has 7 heteroatoms. The highest BCUT2D eigenvalue weighted by Gasteiger charge is 2.16. The molecular formula is C19H36N4O3. The Morgan fingerprint density at radius 3 is 2.77 bits per heavy atom. The lowest BCUT2D eigenvalue weighted by atomic mass is 9.95. The van der Waals surface area contributed by atoms with Crippen LogP contribution in [0.2, 0.25) is 0 Å². The van der Waals surface area contributed by atoms with Crippen molar-refractivity contribution in [3.63, 3.8) is 0 Å². The van der Waals surface area contributed by atoms with E-state index in [0.717, 1.165) is 65.2 Å². The maximum absolute atomic E-state index is 12.1. The third-order valence-electron chi connectivity index (χ3n) is 4.83. The molecule has 1 unspecified atom stereocenters. The molecular weight excluding hydrogens is 332 g/mol. The number of nitrogens with one attached hydrogen (secondary N) is 3. The molecule has 3 N–H and O–H groups in total. The second kappa shape index (κ2) is 12.9. The lowest BCUT2D eigenvalue weighted by molar-refractivity contribution is -0.120. The number of amides is 1. The quantitative estimate of drug-likeness (QED) is 0.309. The molecule has 0 aromatic rings. The monoisotopic (exact) mass is 368 g/mol. The van der Waals surface area contributed by atoms with E-state index in [4.69, 9.17) is 9.47 Å². The fourth-order valence-electron chi connectivity index (χ4n) is 3.36. The summed E-state index contributed by atoms with van der Waals surface area (Å²) in [6.45, 7) is 6.95. The summed E-state index contributed by atoms with van der Waals surface area (Å²) in [4.78, 5) is 16.4. The van der Waals surface area contributed by atoms with Crippen molar-refractivity contribution >= 4 is 11.9 Å². The van der Waals surface area contributed by atoms with Gasteiger partial charge in [-0.15, -0.1) is 0 Å². The highest BCUT2D eigenvalue weighted by Crippen LogP contribution is 2.17. The van der Waals surface area contributed by atoms with E-state index in [0.29, 0.717) is 17.9 Å². The summed E-state index contributed by atoms with van der Waals surface area (Å²) in [7, 11) is 0. The number of rotatable bonds is 10. The Kier molecular flexibility index (Phi) is 10.4. The van der Waals surface area contributed by atoms with Crippen molar-refractivity contribution < 1.29 is 14.3 Å². The minimum atomic E-state index is 0.0104. The van der Waals surface area contributed by atoms with E-state index in [1.807, 2.05) is 6.92 Å². The molecule has 1 saturated heterocycles. The van der Waals surface area contributed by atoms with Crippen LogP contribution >= 0.6 is 0 Å². The Labute approximate surface area is 157 Å². The molecule has 0 spiro atoms. The normalized spacial score (nSPS) is 21.6. The van der Waals surface area contributed by atoms with E-state index in [1.54, 1.807) is 0 Å². The Hall–Kier alpha value is -1.34. The van der Waals surface area contributed by atoms with E-state index < -0.39 is 0 Å². The molecule has 0 aromatic carbocycles. The van der Waals surface area contributed by atoms with Crippen LogP contribution in [-0.4, -0.2) is 64.0 Å². The average molecular weight is 369 g/mol. The van der Waals surface area contributed by atoms with Gasteiger partial charge in [-0.05, 0) is 32.6 Å². The van der Waals surface area contributed by atoms with E-state index >= 15 is 0 Å². The van der Waals surface area contributed by atoms with Crippen LogP contribution in [0.5, 0.6) is 0 Å². The third-order valence-corrected chi connectivity index (χ3v) is 4.83. The summed E-state index contributed by atoms with van der Waals surface area (Å²) in [6.07, 6.45) is 7.94. The average Bonchev–Trinajstić information content (AvgIpc) is 3.16. The number of carbonyl (C=O) groups excluding carboxylic acids is 1. The van der Waals surface area contributed by atoms with Crippen molar-refractivity contribution in [3.8, 4) is 0 Å². The van der Waals surface area contributed by atoms with Gasteiger partial charge in [0.1, 0.15) is 6.54 Å². The molecule has 1 heterocycles. The van der Waals surface area contributed by atoms with Crippen LogP contribution in [0.25, 0.3) is 0 Å². The Balaban J connectivity index is 1.56. The summed E-state index contributed by atoms with van der Waals surface area (Å²) in [5.74, 6) is 1.26. The van der Waals surface area contributed by atoms with Gasteiger partial charge in [0.15, 0.2) is 5.96 Å². The van der Waals surface area contributed by atoms with Gasteiger partial charge in [-0.1, -0.05) is 19.3 Å². The summed E-state index contributed by atoms with van der Waals surface area (Å²) < 4.78 is 11.0. The van der Waals surface area contributed by atoms with Gasteiger partial charge in [0.25, 0.3) is 0 Å². The summed E-state index contributed by atoms with van der Waals surface area (Å²) in [6, 6.07) is 0.337. The van der Waals surface area contributed by atoms with Gasteiger partial charge in [0.05, 0.1) is 13.2 Å². The molecule has 7 nitrogen and oxygen atoms in total. The van der Waals surface area contributed by atoms with Crippen molar-refractivity contribution in [1.82, 2.24) is 16.0 Å². The first kappa shape index (κ1) is 21.0. The molecule has 2 fully saturated rings. The van der Waals surface area contributed by atoms with Gasteiger partial charge in [0.2, 0.25) is 5.91 Å². The van der Waals surface area contributed by atoms with Crippen molar-refractivity contribution in [2.24, 2.45) is 10.9 Å². The largest absolute Gasteiger partial charge is 0.381 e. The van der Waals surface area contributed by atoms with Crippen molar-refractivity contribution in [2.75, 3.05) is 46.1 Å². The molecule has 1 aliphatic carbocycles. The van der Waals surface area contributed by atoms with E-state index in [2.05, 4.69) is 20.9 Å². The first-order valence-electron chi connectivity index (χ1n) is 10.2. The maximum atomic E-state index is 12.1. The second-order valence-electron chi connectivity index (χ2n) is 7.18. The highest BCUT2D eigenvalue weighted by atomic mass is 16.5. The molecule has 2 aliphatic rings. The molecule has 0 aromatic heterocycles. The minimum absolute atomic E-state index is 0.0104. The van der Waals surface area contributed by atoms with Crippen LogP contribution in [0, 0.1) is 5.92 Å². The van der Waals surface area contributed by atoms with Crippen LogP contribution in [-0.2, 0) is 14.3 Å². The number of aliphatic imine (C=N–C) groups is 1. The van der Waals surface area contributed by atoms with Gasteiger partial charge < -0.3 is 25.4 Å². The summed E-state index contributed by atoms with van der Waals surface area (Å²) in [5, 5.41) is 9.54. The zero-order valence-corrected chi connectivity index (χ0v) is 16.2. The molecule has 26 heavy (non-hydrogen) atoms. The number of guanidine groups is 1. The summed E-state index contributed by atoms with van der Waals surface area (Å²) >= 11 is 0. The maximum Gasteiger partial charge on any atom is 0.242 e. The van der Waals surface area contributed by atoms with Crippen molar-refractivity contribution in [1.29, 1.82) is 0 Å². The first-order chi connectivity index (χ1) is 12.8. The standard InChI is InChI=1S/C19H36N4O3/c1-2-20-19(21-10-6-11-25-14-16-9-12-26-15-16)22-13-18(24)23-17-7-4-3-5-8-17/h16-17H,2-15H2,1H3,(H,23,24)(H2,20,21,22). The fraction of sp³-hybridized carbons (Fsp3) is 0.895. The Morgan fingerprint density at radius 1 is 1.19 bits per heavy atom. The minimum Gasteiger partial charge on any atom is -0.381 e. The molecule has 150 valence electrons. The van der Waals surface area contributed by atoms with Crippen LogP contribution in [0.3, 0.4) is 0 Å². The number of hydrogen-bond acceptors (Lipinski definition) is 4. The number of ether oxygens (including phenoxy) is 2. The van der Waals surface area contributed by atoms with Crippen molar-refractivity contribution in [2.45, 2.75) is 57.9 Å². The molecule has 0 radical (unpaired) electrons. The molecule has 1 aliphatic heterocycles. The van der Waals surface area contributed by atoms with Crippen LogP contribution in [0.4, 0.5) is 0 Å². The fourth-order valence-corrected chi connectivity index (χ4v) is 3.36. The van der Waals surface area contributed by atoms with Gasteiger partial charge in [0, 0.05) is 38.3 Å². The molecule has 0 bridgehead atoms. The molecule has 1 saturated carbocycles. The number of carbonyl (C=O) groups is 1. The topological polar surface area (TPSA) is 84.0 Å². The van der Waals surface area contributed by atoms with E-state index in [1.165, 1.54) is 19.3 Å². The third kappa shape index (κ3) is 8.85. The van der Waals surface area contributed by atoms with Gasteiger partial charge in [-0.3, -0.25) is 4.79 Å². The predicted octanol–water partition coefficient (Wildman–Crippen LogP) is 1.43. The molecule has 1 atom stereocenters.